The summed E-state index contributed by atoms with van der Waals surface area (Å²) in [5.41, 5.74) is 0.386. The molecule has 0 saturated carbocycles. The number of aliphatic carboxylic acids is 1. The second-order valence-corrected chi connectivity index (χ2v) is 5.88. The highest BCUT2D eigenvalue weighted by atomic mass is 19.2. The molecule has 1 atom stereocenters. The van der Waals surface area contributed by atoms with E-state index in [1.54, 1.807) is 12.1 Å². The van der Waals surface area contributed by atoms with Gasteiger partial charge in [-0.2, -0.15) is 0 Å². The first-order valence-electron chi connectivity index (χ1n) is 7.74. The van der Waals surface area contributed by atoms with Gasteiger partial charge in [0.25, 0.3) is 0 Å². The van der Waals surface area contributed by atoms with E-state index in [0.29, 0.717) is 17.5 Å². The van der Waals surface area contributed by atoms with E-state index in [4.69, 9.17) is 9.84 Å². The van der Waals surface area contributed by atoms with Crippen LogP contribution >= 0.6 is 0 Å². The van der Waals surface area contributed by atoms with Crippen LogP contribution in [0.4, 0.5) is 18.9 Å². The molecule has 136 valence electrons. The molecular formula is C18H14F3NO4. The fourth-order valence-corrected chi connectivity index (χ4v) is 2.68. The van der Waals surface area contributed by atoms with Crippen molar-refractivity contribution < 1.29 is 32.6 Å². The largest absolute Gasteiger partial charge is 0.489 e. The predicted octanol–water partition coefficient (Wildman–Crippen LogP) is 3.12. The molecule has 1 heterocycles. The Bertz CT molecular complexity index is 854. The molecule has 2 aromatic rings. The Hall–Kier alpha value is -3.03. The highest BCUT2D eigenvalue weighted by molar-refractivity contribution is 5.99. The predicted molar refractivity (Wildman–Crippen MR) is 85.2 cm³/mol. The van der Waals surface area contributed by atoms with Gasteiger partial charge in [-0.05, 0) is 30.3 Å². The highest BCUT2D eigenvalue weighted by Crippen LogP contribution is 2.27. The molecule has 8 heteroatoms. The van der Waals surface area contributed by atoms with Crippen molar-refractivity contribution >= 4 is 17.6 Å². The minimum Gasteiger partial charge on any atom is -0.489 e. The van der Waals surface area contributed by atoms with Gasteiger partial charge in [0.2, 0.25) is 5.91 Å². The van der Waals surface area contributed by atoms with Crippen molar-refractivity contribution in [2.45, 2.75) is 13.0 Å². The van der Waals surface area contributed by atoms with Gasteiger partial charge in [-0.3, -0.25) is 9.59 Å². The number of hydrogen-bond acceptors (Lipinski definition) is 3. The summed E-state index contributed by atoms with van der Waals surface area (Å²) < 4.78 is 45.0. The summed E-state index contributed by atoms with van der Waals surface area (Å²) in [5.74, 6) is -5.06. The van der Waals surface area contributed by atoms with Crippen LogP contribution in [0.5, 0.6) is 5.75 Å². The standard InChI is InChI=1S/C18H14F3NO4/c19-14-7-16(21)15(20)5-11(14)9-26-13-3-1-12(2-4-13)22-8-10(18(24)25)6-17(22)23/h1-5,7,10H,6,8-9H2,(H,24,25). The summed E-state index contributed by atoms with van der Waals surface area (Å²) in [7, 11) is 0. The number of anilines is 1. The topological polar surface area (TPSA) is 66.8 Å². The number of carbonyl (C=O) groups is 2. The van der Waals surface area contributed by atoms with E-state index in [1.807, 2.05) is 0 Å². The normalized spacial score (nSPS) is 16.8. The van der Waals surface area contributed by atoms with Crippen molar-refractivity contribution in [2.24, 2.45) is 5.92 Å². The Labute approximate surface area is 146 Å². The van der Waals surface area contributed by atoms with Gasteiger partial charge in [0.15, 0.2) is 11.6 Å². The average Bonchev–Trinajstić information content (AvgIpc) is 2.99. The molecule has 0 radical (unpaired) electrons. The summed E-state index contributed by atoms with van der Waals surface area (Å²) in [6, 6.07) is 7.37. The molecule has 1 aliphatic heterocycles. The Morgan fingerprint density at radius 3 is 2.38 bits per heavy atom. The van der Waals surface area contributed by atoms with Gasteiger partial charge in [0, 0.05) is 30.3 Å². The highest BCUT2D eigenvalue weighted by Gasteiger charge is 2.34. The number of carboxylic acid groups (broad SMARTS) is 1. The minimum atomic E-state index is -1.27. The van der Waals surface area contributed by atoms with Crippen molar-refractivity contribution in [3.05, 3.63) is 59.4 Å². The number of rotatable bonds is 5. The molecule has 1 amide bonds. The van der Waals surface area contributed by atoms with Crippen molar-refractivity contribution in [3.63, 3.8) is 0 Å². The molecule has 26 heavy (non-hydrogen) atoms. The minimum absolute atomic E-state index is 0.0526. The van der Waals surface area contributed by atoms with Gasteiger partial charge in [-0.1, -0.05) is 0 Å². The van der Waals surface area contributed by atoms with E-state index < -0.39 is 29.3 Å². The monoisotopic (exact) mass is 365 g/mol. The molecule has 0 spiro atoms. The van der Waals surface area contributed by atoms with Crippen LogP contribution in [0.1, 0.15) is 12.0 Å². The molecule has 1 fully saturated rings. The van der Waals surface area contributed by atoms with Crippen LogP contribution in [-0.4, -0.2) is 23.5 Å². The van der Waals surface area contributed by atoms with Crippen LogP contribution in [-0.2, 0) is 16.2 Å². The van der Waals surface area contributed by atoms with E-state index in [0.717, 1.165) is 6.07 Å². The van der Waals surface area contributed by atoms with E-state index in [9.17, 15) is 22.8 Å². The molecule has 3 rings (SSSR count). The zero-order valence-corrected chi connectivity index (χ0v) is 13.4. The van der Waals surface area contributed by atoms with Gasteiger partial charge in [-0.15, -0.1) is 0 Å². The number of hydrogen-bond donors (Lipinski definition) is 1. The number of ether oxygens (including phenoxy) is 1. The lowest BCUT2D eigenvalue weighted by atomic mass is 10.1. The van der Waals surface area contributed by atoms with Crippen molar-refractivity contribution in [3.8, 4) is 5.75 Å². The fourth-order valence-electron chi connectivity index (χ4n) is 2.68. The van der Waals surface area contributed by atoms with Crippen LogP contribution < -0.4 is 9.64 Å². The lowest BCUT2D eigenvalue weighted by Gasteiger charge is -2.16. The first-order chi connectivity index (χ1) is 12.3. The third-order valence-corrected chi connectivity index (χ3v) is 4.11. The molecular weight excluding hydrogens is 351 g/mol. The SMILES string of the molecule is O=C(O)C1CC(=O)N(c2ccc(OCc3cc(F)c(F)cc3F)cc2)C1. The second-order valence-electron chi connectivity index (χ2n) is 5.88. The molecule has 0 aliphatic carbocycles. The average molecular weight is 365 g/mol. The summed E-state index contributed by atoms with van der Waals surface area (Å²) in [4.78, 5) is 24.3. The number of halogens is 3. The van der Waals surface area contributed by atoms with Crippen LogP contribution in [0.15, 0.2) is 36.4 Å². The molecule has 1 N–H and O–H groups in total. The lowest BCUT2D eigenvalue weighted by molar-refractivity contribution is -0.141. The molecule has 1 aliphatic rings. The molecule has 5 nitrogen and oxygen atoms in total. The first kappa shape index (κ1) is 17.8. The van der Waals surface area contributed by atoms with Crippen LogP contribution in [0.3, 0.4) is 0 Å². The van der Waals surface area contributed by atoms with E-state index >= 15 is 0 Å². The van der Waals surface area contributed by atoms with Crippen molar-refractivity contribution in [1.82, 2.24) is 0 Å². The van der Waals surface area contributed by atoms with Crippen LogP contribution in [0.2, 0.25) is 0 Å². The van der Waals surface area contributed by atoms with Gasteiger partial charge in [0.1, 0.15) is 18.2 Å². The Balaban J connectivity index is 1.66. The van der Waals surface area contributed by atoms with E-state index in [-0.39, 0.29) is 31.0 Å². The lowest BCUT2D eigenvalue weighted by Crippen LogP contribution is -2.25. The van der Waals surface area contributed by atoms with Crippen LogP contribution in [0, 0.1) is 23.4 Å². The number of carbonyl (C=O) groups excluding carboxylic acids is 1. The summed E-state index contributed by atoms with van der Waals surface area (Å²) in [6.07, 6.45) is -0.0526. The van der Waals surface area contributed by atoms with Gasteiger partial charge < -0.3 is 14.7 Å². The zero-order valence-electron chi connectivity index (χ0n) is 13.4. The first-order valence-corrected chi connectivity index (χ1v) is 7.74. The van der Waals surface area contributed by atoms with Gasteiger partial charge >= 0.3 is 5.97 Å². The quantitative estimate of drug-likeness (QED) is 0.827. The molecule has 1 saturated heterocycles. The van der Waals surface area contributed by atoms with E-state index in [2.05, 4.69) is 0 Å². The maximum Gasteiger partial charge on any atom is 0.308 e. The Kier molecular flexibility index (Phi) is 4.83. The number of amides is 1. The van der Waals surface area contributed by atoms with Gasteiger partial charge in [-0.25, -0.2) is 13.2 Å². The number of carboxylic acids is 1. The summed E-state index contributed by atoms with van der Waals surface area (Å²) in [5, 5.41) is 9.00. The van der Waals surface area contributed by atoms with Crippen molar-refractivity contribution in [2.75, 3.05) is 11.4 Å². The fraction of sp³-hybridized carbons (Fsp3) is 0.222. The van der Waals surface area contributed by atoms with Crippen molar-refractivity contribution in [1.29, 1.82) is 0 Å². The number of nitrogens with zero attached hydrogens (tertiary/aromatic N) is 1. The third-order valence-electron chi connectivity index (χ3n) is 4.11. The molecule has 0 aromatic heterocycles. The smallest absolute Gasteiger partial charge is 0.308 e. The number of benzene rings is 2. The zero-order chi connectivity index (χ0) is 18.8. The van der Waals surface area contributed by atoms with Gasteiger partial charge in [0.05, 0.1) is 5.92 Å². The third kappa shape index (κ3) is 3.63. The molecule has 1 unspecified atom stereocenters. The maximum atomic E-state index is 13.6. The summed E-state index contributed by atoms with van der Waals surface area (Å²) >= 11 is 0. The van der Waals surface area contributed by atoms with Crippen LogP contribution in [0.25, 0.3) is 0 Å². The Morgan fingerprint density at radius 1 is 1.12 bits per heavy atom. The van der Waals surface area contributed by atoms with E-state index in [1.165, 1.54) is 17.0 Å². The second kappa shape index (κ2) is 7.07. The Morgan fingerprint density at radius 2 is 1.77 bits per heavy atom. The maximum absolute atomic E-state index is 13.6. The molecule has 2 aromatic carbocycles. The summed E-state index contributed by atoms with van der Waals surface area (Å²) in [6.45, 7) is -0.208. The molecule has 0 bridgehead atoms.